The molecule has 0 aromatic carbocycles. The van der Waals surface area contributed by atoms with Crippen molar-refractivity contribution in [2.24, 2.45) is 11.7 Å². The Balaban J connectivity index is 1.62. The summed E-state index contributed by atoms with van der Waals surface area (Å²) in [5.41, 5.74) is 5.89. The predicted molar refractivity (Wildman–Crippen MR) is 69.9 cm³/mol. The molecule has 1 fully saturated rings. The number of aromatic amines is 1. The van der Waals surface area contributed by atoms with Gasteiger partial charge < -0.3 is 16.0 Å². The minimum absolute atomic E-state index is 0.123. The van der Waals surface area contributed by atoms with E-state index in [0.717, 1.165) is 44.3 Å². The summed E-state index contributed by atoms with van der Waals surface area (Å²) in [5, 5.41) is 3.00. The lowest BCUT2D eigenvalue weighted by Gasteiger charge is -2.25. The third kappa shape index (κ3) is 3.84. The number of nitrogens with two attached hydrogens (primary N) is 1. The van der Waals surface area contributed by atoms with Crippen LogP contribution in [0, 0.1) is 5.92 Å². The number of nitrogens with zero attached hydrogens (tertiary/aromatic N) is 1. The fourth-order valence-electron chi connectivity index (χ4n) is 2.51. The number of hydrogen-bond acceptors (Lipinski definition) is 3. The van der Waals surface area contributed by atoms with Gasteiger partial charge in [0.25, 0.3) is 0 Å². The Bertz CT molecular complexity index is 363. The summed E-state index contributed by atoms with van der Waals surface area (Å²) in [7, 11) is 0. The Labute approximate surface area is 108 Å². The Morgan fingerprint density at radius 1 is 1.56 bits per heavy atom. The van der Waals surface area contributed by atoms with Crippen molar-refractivity contribution in [3.8, 4) is 0 Å². The van der Waals surface area contributed by atoms with Gasteiger partial charge in [-0.2, -0.15) is 0 Å². The maximum Gasteiger partial charge on any atom is 0.223 e. The molecule has 0 bridgehead atoms. The second-order valence-corrected chi connectivity index (χ2v) is 5.05. The minimum Gasteiger partial charge on any atom is -0.356 e. The molecule has 100 valence electrons. The number of nitrogens with one attached hydrogen (secondary N) is 2. The predicted octanol–water partition coefficient (Wildman–Crippen LogP) is 0.976. The standard InChI is InChI=1S/C13H22N4O/c14-11-4-1-3-10(9-11)13(18)17-6-2-5-12-15-7-8-16-12/h7-8,10-11H,1-6,9,14H2,(H,15,16)(H,17,18). The average molecular weight is 250 g/mol. The second kappa shape index (κ2) is 6.54. The Hall–Kier alpha value is -1.36. The van der Waals surface area contributed by atoms with Gasteiger partial charge in [0.2, 0.25) is 5.91 Å². The van der Waals surface area contributed by atoms with Gasteiger partial charge in [-0.05, 0) is 25.7 Å². The van der Waals surface area contributed by atoms with Crippen molar-refractivity contribution in [1.29, 1.82) is 0 Å². The van der Waals surface area contributed by atoms with Crippen molar-refractivity contribution in [3.05, 3.63) is 18.2 Å². The summed E-state index contributed by atoms with van der Waals surface area (Å²) in [5.74, 6) is 1.27. The highest BCUT2D eigenvalue weighted by molar-refractivity contribution is 5.78. The van der Waals surface area contributed by atoms with Crippen LogP contribution in [0.25, 0.3) is 0 Å². The van der Waals surface area contributed by atoms with E-state index in [1.165, 1.54) is 0 Å². The zero-order valence-corrected chi connectivity index (χ0v) is 10.7. The summed E-state index contributed by atoms with van der Waals surface area (Å²) in [6, 6.07) is 0.206. The van der Waals surface area contributed by atoms with E-state index in [-0.39, 0.29) is 17.9 Å². The quantitative estimate of drug-likeness (QED) is 0.681. The number of aromatic nitrogens is 2. The van der Waals surface area contributed by atoms with Crippen molar-refractivity contribution in [2.75, 3.05) is 6.54 Å². The van der Waals surface area contributed by atoms with Gasteiger partial charge in [-0.15, -0.1) is 0 Å². The molecule has 0 spiro atoms. The van der Waals surface area contributed by atoms with Crippen LogP contribution in [0.2, 0.25) is 0 Å². The number of hydrogen-bond donors (Lipinski definition) is 3. The van der Waals surface area contributed by atoms with E-state index in [2.05, 4.69) is 15.3 Å². The van der Waals surface area contributed by atoms with Crippen molar-refractivity contribution >= 4 is 5.91 Å². The van der Waals surface area contributed by atoms with Crippen LogP contribution in [0.3, 0.4) is 0 Å². The average Bonchev–Trinajstić information content (AvgIpc) is 2.87. The van der Waals surface area contributed by atoms with Crippen LogP contribution < -0.4 is 11.1 Å². The number of amides is 1. The van der Waals surface area contributed by atoms with E-state index >= 15 is 0 Å². The second-order valence-electron chi connectivity index (χ2n) is 5.05. The molecule has 1 aliphatic rings. The van der Waals surface area contributed by atoms with Gasteiger partial charge in [-0.1, -0.05) is 6.42 Å². The molecule has 2 atom stereocenters. The van der Waals surface area contributed by atoms with E-state index in [9.17, 15) is 4.79 Å². The first-order valence-electron chi connectivity index (χ1n) is 6.77. The fraction of sp³-hybridized carbons (Fsp3) is 0.692. The Kier molecular flexibility index (Phi) is 4.75. The molecule has 2 unspecified atom stereocenters. The number of carbonyl (C=O) groups excluding carboxylic acids is 1. The molecule has 5 nitrogen and oxygen atoms in total. The first-order valence-corrected chi connectivity index (χ1v) is 6.77. The lowest BCUT2D eigenvalue weighted by atomic mass is 9.85. The molecule has 1 saturated carbocycles. The highest BCUT2D eigenvalue weighted by Gasteiger charge is 2.24. The van der Waals surface area contributed by atoms with Gasteiger partial charge in [0.15, 0.2) is 0 Å². The maximum atomic E-state index is 11.9. The van der Waals surface area contributed by atoms with Crippen molar-refractivity contribution in [3.63, 3.8) is 0 Å². The molecular weight excluding hydrogens is 228 g/mol. The van der Waals surface area contributed by atoms with Gasteiger partial charge in [0.1, 0.15) is 5.82 Å². The number of H-pyrrole nitrogens is 1. The normalized spacial score (nSPS) is 23.8. The summed E-state index contributed by atoms with van der Waals surface area (Å²) in [4.78, 5) is 19.1. The van der Waals surface area contributed by atoms with Crippen LogP contribution in [0.4, 0.5) is 0 Å². The van der Waals surface area contributed by atoms with Crippen LogP contribution >= 0.6 is 0 Å². The van der Waals surface area contributed by atoms with Crippen molar-refractivity contribution in [2.45, 2.75) is 44.6 Å². The van der Waals surface area contributed by atoms with E-state index in [4.69, 9.17) is 5.73 Å². The molecule has 1 aromatic heterocycles. The first-order chi connectivity index (χ1) is 8.75. The van der Waals surface area contributed by atoms with Crippen LogP contribution in [0.15, 0.2) is 12.4 Å². The zero-order valence-electron chi connectivity index (χ0n) is 10.7. The number of aryl methyl sites for hydroxylation is 1. The lowest BCUT2D eigenvalue weighted by Crippen LogP contribution is -2.38. The summed E-state index contributed by atoms with van der Waals surface area (Å²) in [6.45, 7) is 0.714. The maximum absolute atomic E-state index is 11.9. The van der Waals surface area contributed by atoms with Crippen LogP contribution in [0.1, 0.15) is 37.9 Å². The highest BCUT2D eigenvalue weighted by Crippen LogP contribution is 2.22. The topological polar surface area (TPSA) is 83.8 Å². The number of carbonyl (C=O) groups is 1. The molecule has 5 heteroatoms. The van der Waals surface area contributed by atoms with Gasteiger partial charge in [-0.25, -0.2) is 4.98 Å². The molecule has 0 saturated heterocycles. The molecule has 1 amide bonds. The van der Waals surface area contributed by atoms with Gasteiger partial charge in [-0.3, -0.25) is 4.79 Å². The molecule has 2 rings (SSSR count). The monoisotopic (exact) mass is 250 g/mol. The molecule has 4 N–H and O–H groups in total. The summed E-state index contributed by atoms with van der Waals surface area (Å²) < 4.78 is 0. The number of rotatable bonds is 5. The molecule has 1 aliphatic carbocycles. The third-order valence-electron chi connectivity index (χ3n) is 3.53. The Morgan fingerprint density at radius 2 is 2.44 bits per heavy atom. The molecule has 1 aromatic rings. The highest BCUT2D eigenvalue weighted by atomic mass is 16.1. The van der Waals surface area contributed by atoms with Gasteiger partial charge in [0, 0.05) is 37.3 Å². The lowest BCUT2D eigenvalue weighted by molar-refractivity contribution is -0.126. The zero-order chi connectivity index (χ0) is 12.8. The van der Waals surface area contributed by atoms with Crippen LogP contribution in [-0.4, -0.2) is 28.5 Å². The van der Waals surface area contributed by atoms with E-state index < -0.39 is 0 Å². The van der Waals surface area contributed by atoms with Crippen molar-refractivity contribution in [1.82, 2.24) is 15.3 Å². The molecular formula is C13H22N4O. The summed E-state index contributed by atoms with van der Waals surface area (Å²) in [6.07, 6.45) is 9.31. The number of imidazole rings is 1. The smallest absolute Gasteiger partial charge is 0.223 e. The first kappa shape index (κ1) is 13.1. The van der Waals surface area contributed by atoms with Crippen LogP contribution in [0.5, 0.6) is 0 Å². The van der Waals surface area contributed by atoms with Gasteiger partial charge >= 0.3 is 0 Å². The summed E-state index contributed by atoms with van der Waals surface area (Å²) >= 11 is 0. The molecule has 18 heavy (non-hydrogen) atoms. The molecule has 0 radical (unpaired) electrons. The van der Waals surface area contributed by atoms with E-state index in [1.54, 1.807) is 6.20 Å². The minimum atomic E-state index is 0.123. The van der Waals surface area contributed by atoms with E-state index in [1.807, 2.05) is 6.20 Å². The fourth-order valence-corrected chi connectivity index (χ4v) is 2.51. The molecule has 0 aliphatic heterocycles. The Morgan fingerprint density at radius 3 is 3.17 bits per heavy atom. The van der Waals surface area contributed by atoms with Crippen molar-refractivity contribution < 1.29 is 4.79 Å². The van der Waals surface area contributed by atoms with E-state index in [0.29, 0.717) is 6.54 Å². The third-order valence-corrected chi connectivity index (χ3v) is 3.53. The SMILES string of the molecule is NC1CCCC(C(=O)NCCCc2ncc[nH]2)C1. The van der Waals surface area contributed by atoms with Gasteiger partial charge in [0.05, 0.1) is 0 Å². The molecule has 1 heterocycles. The van der Waals surface area contributed by atoms with Crippen LogP contribution in [-0.2, 0) is 11.2 Å². The largest absolute Gasteiger partial charge is 0.356 e.